The van der Waals surface area contributed by atoms with E-state index in [1.54, 1.807) is 91.0 Å². The molecule has 4 aromatic carbocycles. The molecule has 5 rings (SSSR count). The number of nitrogens with zero attached hydrogens (tertiary/aromatic N) is 2. The minimum Gasteiger partial charge on any atom is -0.484 e. The molecule has 40 heavy (non-hydrogen) atoms. The molecular weight excluding hydrogens is 513 g/mol. The van der Waals surface area contributed by atoms with Gasteiger partial charge in [0.15, 0.2) is 6.61 Å². The van der Waals surface area contributed by atoms with Crippen LogP contribution in [0.2, 0.25) is 0 Å². The number of hydrogen-bond donors (Lipinski definition) is 1. The highest BCUT2D eigenvalue weighted by Crippen LogP contribution is 2.29. The third-order valence-electron chi connectivity index (χ3n) is 5.99. The summed E-state index contributed by atoms with van der Waals surface area (Å²) < 4.78 is 19.2. The fourth-order valence-electron chi connectivity index (χ4n) is 4.06. The van der Waals surface area contributed by atoms with Gasteiger partial charge in [0.2, 0.25) is 0 Å². The summed E-state index contributed by atoms with van der Waals surface area (Å²) in [5.74, 6) is -2.25. The van der Waals surface area contributed by atoms with Crippen LogP contribution in [0.15, 0.2) is 115 Å². The van der Waals surface area contributed by atoms with E-state index in [4.69, 9.17) is 4.74 Å². The third-order valence-corrected chi connectivity index (χ3v) is 5.99. The smallest absolute Gasteiger partial charge is 0.343 e. The number of para-hydroxylation sites is 3. The first-order valence-electron chi connectivity index (χ1n) is 12.2. The molecule has 198 valence electrons. The van der Waals surface area contributed by atoms with Crippen molar-refractivity contribution < 1.29 is 28.3 Å². The van der Waals surface area contributed by atoms with Crippen molar-refractivity contribution in [1.82, 2.24) is 0 Å². The van der Waals surface area contributed by atoms with Crippen LogP contribution in [0, 0.1) is 5.82 Å². The van der Waals surface area contributed by atoms with Crippen molar-refractivity contribution in [2.75, 3.05) is 21.7 Å². The van der Waals surface area contributed by atoms with Crippen molar-refractivity contribution >= 4 is 46.9 Å². The maximum Gasteiger partial charge on any atom is 0.343 e. The van der Waals surface area contributed by atoms with E-state index in [1.807, 2.05) is 0 Å². The van der Waals surface area contributed by atoms with E-state index < -0.39 is 29.6 Å². The molecule has 0 aliphatic carbocycles. The van der Waals surface area contributed by atoms with Crippen molar-refractivity contribution in [2.24, 2.45) is 0 Å². The predicted molar refractivity (Wildman–Crippen MR) is 148 cm³/mol. The molecule has 0 spiro atoms. The van der Waals surface area contributed by atoms with Crippen molar-refractivity contribution in [2.45, 2.75) is 0 Å². The molecule has 1 aliphatic rings. The summed E-state index contributed by atoms with van der Waals surface area (Å²) in [4.78, 5) is 54.3. The van der Waals surface area contributed by atoms with Crippen LogP contribution in [0.5, 0.6) is 5.75 Å². The molecule has 4 aromatic rings. The lowest BCUT2D eigenvalue weighted by Crippen LogP contribution is -2.57. The molecule has 1 N–H and O–H groups in total. The van der Waals surface area contributed by atoms with E-state index in [9.17, 15) is 23.6 Å². The molecule has 1 heterocycles. The van der Waals surface area contributed by atoms with E-state index in [-0.39, 0.29) is 17.9 Å². The standard InChI is InChI=1S/C31H22FN3O5/c32-26-13-7-8-14-27(26)33-28(36)20-40-24-17-15-21(16-18-24)19-25-29(37)34(22-9-3-1-4-10-22)31(39)35(30(25)38)23-11-5-2-6-12-23/h1-19H,20H2,(H,33,36). The molecular formula is C31H22FN3O5. The molecule has 1 saturated heterocycles. The number of halogens is 1. The molecule has 0 radical (unpaired) electrons. The zero-order chi connectivity index (χ0) is 28.1. The van der Waals surface area contributed by atoms with Gasteiger partial charge < -0.3 is 10.1 Å². The van der Waals surface area contributed by atoms with Gasteiger partial charge in [0.1, 0.15) is 17.1 Å². The van der Waals surface area contributed by atoms with Crippen LogP contribution in [0.3, 0.4) is 0 Å². The van der Waals surface area contributed by atoms with E-state index >= 15 is 0 Å². The van der Waals surface area contributed by atoms with Gasteiger partial charge in [-0.3, -0.25) is 14.4 Å². The first-order chi connectivity index (χ1) is 19.4. The number of amides is 5. The Morgan fingerprint density at radius 1 is 0.725 bits per heavy atom. The van der Waals surface area contributed by atoms with Gasteiger partial charge in [-0.15, -0.1) is 0 Å². The lowest BCUT2D eigenvalue weighted by atomic mass is 10.0. The second-order valence-corrected chi connectivity index (χ2v) is 8.68. The highest BCUT2D eigenvalue weighted by molar-refractivity contribution is 6.46. The summed E-state index contributed by atoms with van der Waals surface area (Å²) in [5.41, 5.74) is 0.997. The molecule has 5 amide bonds. The predicted octanol–water partition coefficient (Wildman–Crippen LogP) is 5.43. The summed E-state index contributed by atoms with van der Waals surface area (Å²) in [7, 11) is 0. The van der Waals surface area contributed by atoms with Crippen LogP contribution in [0.25, 0.3) is 6.08 Å². The number of urea groups is 1. The molecule has 8 nitrogen and oxygen atoms in total. The van der Waals surface area contributed by atoms with Crippen LogP contribution in [0.4, 0.5) is 26.2 Å². The largest absolute Gasteiger partial charge is 0.484 e. The Bertz CT molecular complexity index is 1540. The van der Waals surface area contributed by atoms with Crippen molar-refractivity contribution in [3.63, 3.8) is 0 Å². The molecule has 0 atom stereocenters. The van der Waals surface area contributed by atoms with Crippen LogP contribution >= 0.6 is 0 Å². The molecule has 0 unspecified atom stereocenters. The highest BCUT2D eigenvalue weighted by Gasteiger charge is 2.43. The molecule has 0 saturated carbocycles. The monoisotopic (exact) mass is 535 g/mol. The Labute approximate surface area is 228 Å². The van der Waals surface area contributed by atoms with Crippen molar-refractivity contribution in [3.05, 3.63) is 126 Å². The summed E-state index contributed by atoms with van der Waals surface area (Å²) in [6, 6.07) is 28.1. The number of carbonyl (C=O) groups excluding carboxylic acids is 4. The quantitative estimate of drug-likeness (QED) is 0.252. The number of imide groups is 2. The van der Waals surface area contributed by atoms with Gasteiger partial charge in [0.25, 0.3) is 17.7 Å². The summed E-state index contributed by atoms with van der Waals surface area (Å²) in [6.07, 6.45) is 1.40. The van der Waals surface area contributed by atoms with E-state index in [1.165, 1.54) is 24.3 Å². The Kier molecular flexibility index (Phi) is 7.45. The number of carbonyl (C=O) groups is 4. The SMILES string of the molecule is O=C(COc1ccc(C=C2C(=O)N(c3ccccc3)C(=O)N(c3ccccc3)C2=O)cc1)Nc1ccccc1F. The number of anilines is 3. The van der Waals surface area contributed by atoms with Gasteiger partial charge in [-0.2, -0.15) is 0 Å². The summed E-state index contributed by atoms with van der Waals surface area (Å²) in [5, 5.41) is 2.43. The first kappa shape index (κ1) is 26.1. The molecule has 0 bridgehead atoms. The lowest BCUT2D eigenvalue weighted by Gasteiger charge is -2.33. The fourth-order valence-corrected chi connectivity index (χ4v) is 4.06. The zero-order valence-electron chi connectivity index (χ0n) is 21.0. The number of benzene rings is 4. The zero-order valence-corrected chi connectivity index (χ0v) is 21.0. The van der Waals surface area contributed by atoms with E-state index in [0.29, 0.717) is 22.7 Å². The number of rotatable bonds is 7. The van der Waals surface area contributed by atoms with Gasteiger partial charge in [0, 0.05) is 0 Å². The minimum absolute atomic E-state index is 0.0486. The third kappa shape index (κ3) is 5.48. The van der Waals surface area contributed by atoms with Crippen LogP contribution in [-0.2, 0) is 14.4 Å². The average molecular weight is 536 g/mol. The Morgan fingerprint density at radius 3 is 1.80 bits per heavy atom. The van der Waals surface area contributed by atoms with E-state index in [2.05, 4.69) is 5.32 Å². The maximum atomic E-state index is 13.7. The van der Waals surface area contributed by atoms with E-state index in [0.717, 1.165) is 9.80 Å². The topological polar surface area (TPSA) is 96.0 Å². The molecule has 0 aromatic heterocycles. The Hall–Kier alpha value is -5.57. The normalized spacial score (nSPS) is 13.3. The van der Waals surface area contributed by atoms with Crippen LogP contribution in [-0.4, -0.2) is 30.4 Å². The van der Waals surface area contributed by atoms with Gasteiger partial charge in [0.05, 0.1) is 17.1 Å². The maximum absolute atomic E-state index is 13.7. The van der Waals surface area contributed by atoms with Crippen molar-refractivity contribution in [1.29, 1.82) is 0 Å². The van der Waals surface area contributed by atoms with Crippen molar-refractivity contribution in [3.8, 4) is 5.75 Å². The average Bonchev–Trinajstić information content (AvgIpc) is 2.97. The second-order valence-electron chi connectivity index (χ2n) is 8.68. The molecule has 9 heteroatoms. The highest BCUT2D eigenvalue weighted by atomic mass is 19.1. The number of nitrogens with one attached hydrogen (secondary N) is 1. The Balaban J connectivity index is 1.37. The van der Waals surface area contributed by atoms with Crippen LogP contribution in [0.1, 0.15) is 5.56 Å². The van der Waals surface area contributed by atoms with Crippen LogP contribution < -0.4 is 19.9 Å². The minimum atomic E-state index is -0.776. The number of hydrogen-bond acceptors (Lipinski definition) is 5. The molecule has 1 aliphatic heterocycles. The second kappa shape index (κ2) is 11.4. The lowest BCUT2D eigenvalue weighted by molar-refractivity contribution is -0.121. The fraction of sp³-hybridized carbons (Fsp3) is 0.0323. The van der Waals surface area contributed by atoms with Gasteiger partial charge >= 0.3 is 6.03 Å². The first-order valence-corrected chi connectivity index (χ1v) is 12.2. The summed E-state index contributed by atoms with van der Waals surface area (Å²) in [6.45, 7) is -0.355. The number of ether oxygens (including phenoxy) is 1. The van der Waals surface area contributed by atoms with Gasteiger partial charge in [-0.25, -0.2) is 19.0 Å². The number of barbiturate groups is 1. The Morgan fingerprint density at radius 2 is 1.25 bits per heavy atom. The summed E-state index contributed by atoms with van der Waals surface area (Å²) >= 11 is 0. The molecule has 1 fully saturated rings. The van der Waals surface area contributed by atoms with Gasteiger partial charge in [-0.05, 0) is 60.2 Å². The van der Waals surface area contributed by atoms with Gasteiger partial charge in [-0.1, -0.05) is 60.7 Å².